The summed E-state index contributed by atoms with van der Waals surface area (Å²) >= 11 is 6.32. The van der Waals surface area contributed by atoms with Crippen molar-refractivity contribution >= 4 is 40.6 Å². The maximum atomic E-state index is 12.8. The number of hydrogen-bond donors (Lipinski definition) is 0. The standard InChI is InChI=1S/C21H20ClN3O5/c1-21(2,3)30-19(27)12-24-17-9-8-13(25(28)29)10-15(17)20(23-11-18(24)26)14-6-4-5-7-16(14)22/h4-10H,11-12H2,1-3H3. The molecule has 1 aliphatic rings. The summed E-state index contributed by atoms with van der Waals surface area (Å²) in [6.07, 6.45) is 0. The minimum Gasteiger partial charge on any atom is -0.459 e. The van der Waals surface area contributed by atoms with Gasteiger partial charge < -0.3 is 4.74 Å². The number of nitrogens with zero attached hydrogens (tertiary/aromatic N) is 3. The SMILES string of the molecule is CC(C)(C)OC(=O)CN1C(=O)CN=C(c2ccccc2Cl)c2cc([N+](=O)[O-])ccc21. The van der Waals surface area contributed by atoms with Crippen molar-refractivity contribution in [2.75, 3.05) is 18.0 Å². The number of benzodiazepines with no additional fused rings is 1. The molecule has 0 N–H and O–H groups in total. The molecule has 0 spiro atoms. The van der Waals surface area contributed by atoms with Gasteiger partial charge in [-0.15, -0.1) is 0 Å². The first-order valence-corrected chi connectivity index (χ1v) is 9.55. The molecule has 156 valence electrons. The molecule has 0 radical (unpaired) electrons. The highest BCUT2D eigenvalue weighted by Gasteiger charge is 2.30. The minimum atomic E-state index is -0.719. The number of amides is 1. The first-order valence-electron chi connectivity index (χ1n) is 9.17. The molecule has 2 aromatic rings. The van der Waals surface area contributed by atoms with Crippen LogP contribution in [0.5, 0.6) is 0 Å². The summed E-state index contributed by atoms with van der Waals surface area (Å²) in [4.78, 5) is 41.6. The molecule has 8 nitrogen and oxygen atoms in total. The second kappa shape index (κ2) is 8.23. The van der Waals surface area contributed by atoms with Gasteiger partial charge in [0.1, 0.15) is 18.7 Å². The Balaban J connectivity index is 2.12. The third-order valence-electron chi connectivity index (χ3n) is 4.25. The number of fused-ring (bicyclic) bond motifs is 1. The number of carbonyl (C=O) groups is 2. The molecule has 1 heterocycles. The van der Waals surface area contributed by atoms with Crippen LogP contribution in [-0.2, 0) is 14.3 Å². The summed E-state index contributed by atoms with van der Waals surface area (Å²) in [7, 11) is 0. The summed E-state index contributed by atoms with van der Waals surface area (Å²) in [6, 6.07) is 10.9. The number of aliphatic imine (C=N–C) groups is 1. The van der Waals surface area contributed by atoms with E-state index in [0.717, 1.165) is 0 Å². The Hall–Kier alpha value is -3.26. The number of esters is 1. The van der Waals surface area contributed by atoms with E-state index >= 15 is 0 Å². The quantitative estimate of drug-likeness (QED) is 0.418. The number of halogens is 1. The summed E-state index contributed by atoms with van der Waals surface area (Å²) < 4.78 is 5.34. The van der Waals surface area contributed by atoms with Crippen LogP contribution in [0.2, 0.25) is 5.02 Å². The smallest absolute Gasteiger partial charge is 0.326 e. The van der Waals surface area contributed by atoms with Crippen LogP contribution in [0.4, 0.5) is 11.4 Å². The molecular weight excluding hydrogens is 410 g/mol. The Morgan fingerprint density at radius 2 is 1.93 bits per heavy atom. The lowest BCUT2D eigenvalue weighted by atomic mass is 9.99. The normalized spacial score (nSPS) is 13.9. The highest BCUT2D eigenvalue weighted by atomic mass is 35.5. The fourth-order valence-electron chi connectivity index (χ4n) is 3.07. The third kappa shape index (κ3) is 4.65. The molecule has 30 heavy (non-hydrogen) atoms. The van der Waals surface area contributed by atoms with E-state index < -0.39 is 22.4 Å². The van der Waals surface area contributed by atoms with Crippen LogP contribution in [0.3, 0.4) is 0 Å². The molecule has 0 atom stereocenters. The molecule has 0 fully saturated rings. The average Bonchev–Trinajstić information content (AvgIpc) is 2.78. The second-order valence-corrected chi connectivity index (χ2v) is 8.08. The first kappa shape index (κ1) is 21.4. The maximum absolute atomic E-state index is 12.8. The fourth-order valence-corrected chi connectivity index (χ4v) is 3.30. The molecule has 0 bridgehead atoms. The van der Waals surface area contributed by atoms with Crippen molar-refractivity contribution < 1.29 is 19.2 Å². The van der Waals surface area contributed by atoms with Crippen LogP contribution in [0, 0.1) is 10.1 Å². The van der Waals surface area contributed by atoms with Gasteiger partial charge in [-0.05, 0) is 32.9 Å². The maximum Gasteiger partial charge on any atom is 0.326 e. The molecule has 0 aliphatic carbocycles. The van der Waals surface area contributed by atoms with Crippen molar-refractivity contribution in [1.29, 1.82) is 0 Å². The predicted molar refractivity (Wildman–Crippen MR) is 113 cm³/mol. The topological polar surface area (TPSA) is 102 Å². The largest absolute Gasteiger partial charge is 0.459 e. The van der Waals surface area contributed by atoms with Gasteiger partial charge in [0.05, 0.1) is 16.3 Å². The van der Waals surface area contributed by atoms with Crippen LogP contribution in [0.15, 0.2) is 47.5 Å². The van der Waals surface area contributed by atoms with E-state index in [-0.39, 0.29) is 18.8 Å². The van der Waals surface area contributed by atoms with Gasteiger partial charge in [0.2, 0.25) is 5.91 Å². The number of ether oxygens (including phenoxy) is 1. The minimum absolute atomic E-state index is 0.167. The van der Waals surface area contributed by atoms with Crippen LogP contribution >= 0.6 is 11.6 Å². The van der Waals surface area contributed by atoms with Gasteiger partial charge in [0.15, 0.2) is 0 Å². The van der Waals surface area contributed by atoms with Crippen molar-refractivity contribution in [1.82, 2.24) is 0 Å². The number of nitro benzene ring substituents is 1. The zero-order valence-electron chi connectivity index (χ0n) is 16.7. The van der Waals surface area contributed by atoms with Gasteiger partial charge in [0, 0.05) is 28.3 Å². The zero-order valence-corrected chi connectivity index (χ0v) is 17.5. The number of hydrogen-bond acceptors (Lipinski definition) is 6. The van der Waals surface area contributed by atoms with Gasteiger partial charge in [-0.1, -0.05) is 29.8 Å². The molecule has 0 saturated heterocycles. The third-order valence-corrected chi connectivity index (χ3v) is 4.58. The fraction of sp³-hybridized carbons (Fsp3) is 0.286. The van der Waals surface area contributed by atoms with Crippen LogP contribution in [-0.4, -0.2) is 41.2 Å². The predicted octanol–water partition coefficient (Wildman–Crippen LogP) is 3.77. The Morgan fingerprint density at radius 1 is 1.23 bits per heavy atom. The molecule has 2 aromatic carbocycles. The van der Waals surface area contributed by atoms with Gasteiger partial charge in [-0.2, -0.15) is 0 Å². The highest BCUT2D eigenvalue weighted by molar-refractivity contribution is 6.36. The Morgan fingerprint density at radius 3 is 2.57 bits per heavy atom. The molecule has 0 saturated carbocycles. The van der Waals surface area contributed by atoms with E-state index in [1.807, 2.05) is 0 Å². The van der Waals surface area contributed by atoms with E-state index in [1.165, 1.54) is 23.1 Å². The molecule has 9 heteroatoms. The Kier molecular flexibility index (Phi) is 5.89. The second-order valence-electron chi connectivity index (χ2n) is 7.67. The number of benzene rings is 2. The van der Waals surface area contributed by atoms with E-state index in [2.05, 4.69) is 4.99 Å². The van der Waals surface area contributed by atoms with E-state index in [1.54, 1.807) is 45.0 Å². The average molecular weight is 430 g/mol. The first-order chi connectivity index (χ1) is 14.1. The summed E-state index contributed by atoms with van der Waals surface area (Å²) in [5.74, 6) is -1.03. The lowest BCUT2D eigenvalue weighted by Gasteiger charge is -2.25. The van der Waals surface area contributed by atoms with Gasteiger partial charge in [-0.25, -0.2) is 0 Å². The van der Waals surface area contributed by atoms with Crippen LogP contribution < -0.4 is 4.90 Å². The molecule has 1 amide bonds. The molecule has 0 aromatic heterocycles. The molecule has 3 rings (SSSR count). The summed E-state index contributed by atoms with van der Waals surface area (Å²) in [5.41, 5.74) is 0.662. The van der Waals surface area contributed by atoms with Gasteiger partial charge in [-0.3, -0.25) is 29.6 Å². The van der Waals surface area contributed by atoms with Crippen LogP contribution in [0.1, 0.15) is 31.9 Å². The van der Waals surface area contributed by atoms with Crippen molar-refractivity contribution in [3.63, 3.8) is 0 Å². The number of nitro groups is 1. The number of non-ortho nitro benzene ring substituents is 1. The molecule has 1 aliphatic heterocycles. The van der Waals surface area contributed by atoms with Crippen molar-refractivity contribution in [3.05, 3.63) is 68.7 Å². The lowest BCUT2D eigenvalue weighted by molar-refractivity contribution is -0.384. The van der Waals surface area contributed by atoms with Crippen LogP contribution in [0.25, 0.3) is 0 Å². The summed E-state index contributed by atoms with van der Waals surface area (Å²) in [5, 5.41) is 11.7. The number of rotatable bonds is 4. The van der Waals surface area contributed by atoms with E-state index in [0.29, 0.717) is 27.5 Å². The molecule has 0 unspecified atom stereocenters. The molecular formula is C21H20ClN3O5. The van der Waals surface area contributed by atoms with E-state index in [4.69, 9.17) is 16.3 Å². The van der Waals surface area contributed by atoms with Gasteiger partial charge >= 0.3 is 5.97 Å². The van der Waals surface area contributed by atoms with Crippen molar-refractivity contribution in [2.24, 2.45) is 4.99 Å². The Labute approximate surface area is 178 Å². The highest BCUT2D eigenvalue weighted by Crippen LogP contribution is 2.32. The van der Waals surface area contributed by atoms with Crippen molar-refractivity contribution in [3.8, 4) is 0 Å². The summed E-state index contributed by atoms with van der Waals surface area (Å²) in [6.45, 7) is 4.60. The zero-order chi connectivity index (χ0) is 22.1. The lowest BCUT2D eigenvalue weighted by Crippen LogP contribution is -2.39. The van der Waals surface area contributed by atoms with Gasteiger partial charge in [0.25, 0.3) is 5.69 Å². The van der Waals surface area contributed by atoms with E-state index in [9.17, 15) is 19.7 Å². The van der Waals surface area contributed by atoms with Crippen molar-refractivity contribution in [2.45, 2.75) is 26.4 Å². The Bertz CT molecular complexity index is 1060. The number of carbonyl (C=O) groups excluding carboxylic acids is 2. The number of anilines is 1. The monoisotopic (exact) mass is 429 g/mol.